The zero-order chi connectivity index (χ0) is 54.3. The van der Waals surface area contributed by atoms with Gasteiger partial charge < -0.3 is 20.3 Å². The molecule has 0 aliphatic rings. The highest BCUT2D eigenvalue weighted by molar-refractivity contribution is 5.76. The third-order valence-corrected chi connectivity index (χ3v) is 16.0. The first-order chi connectivity index (χ1) is 37.0. The molecule has 1 amide bonds. The molecule has 0 aliphatic heterocycles. The second-order valence-electron chi connectivity index (χ2n) is 23.5. The number of unbranched alkanes of at least 4 members (excludes halogenated alkanes) is 49. The number of hydrogen-bond acceptors (Lipinski definition) is 5. The van der Waals surface area contributed by atoms with Crippen LogP contribution in [0.2, 0.25) is 0 Å². The van der Waals surface area contributed by atoms with Crippen LogP contribution < -0.4 is 5.32 Å². The molecule has 75 heavy (non-hydrogen) atoms. The van der Waals surface area contributed by atoms with E-state index < -0.39 is 12.1 Å². The lowest BCUT2D eigenvalue weighted by Gasteiger charge is -2.22. The van der Waals surface area contributed by atoms with E-state index in [9.17, 15) is 19.8 Å². The van der Waals surface area contributed by atoms with Gasteiger partial charge in [-0.05, 0) is 77.0 Å². The summed E-state index contributed by atoms with van der Waals surface area (Å²) in [6.45, 7) is 4.97. The fourth-order valence-corrected chi connectivity index (χ4v) is 10.7. The first-order valence-corrected chi connectivity index (χ1v) is 34.1. The zero-order valence-corrected chi connectivity index (χ0v) is 50.8. The Morgan fingerprint density at radius 1 is 0.360 bits per heavy atom. The van der Waals surface area contributed by atoms with Crippen LogP contribution in [-0.4, -0.2) is 47.4 Å². The molecule has 0 aromatic rings. The predicted octanol–water partition coefficient (Wildman–Crippen LogP) is 21.8. The maximum Gasteiger partial charge on any atom is 0.305 e. The number of hydrogen-bond donors (Lipinski definition) is 3. The quantitative estimate of drug-likeness (QED) is 0.0320. The molecule has 6 nitrogen and oxygen atoms in total. The number of ether oxygens (including phenoxy) is 1. The molecule has 444 valence electrons. The van der Waals surface area contributed by atoms with E-state index in [1.54, 1.807) is 0 Å². The Morgan fingerprint density at radius 2 is 0.627 bits per heavy atom. The SMILES string of the molecule is CCCCCCCC/C=C\CCCCCCCCCC(=O)OCCCCCCCCCCCCCC/C=C\CCCCCCCCCCCCCCC(=O)NC(CO)C(O)CCCCCCCCCCCCCCC. The van der Waals surface area contributed by atoms with Crippen LogP contribution >= 0.6 is 0 Å². The van der Waals surface area contributed by atoms with E-state index in [-0.39, 0.29) is 18.5 Å². The molecule has 0 aromatic carbocycles. The number of aliphatic hydroxyl groups excluding tert-OH is 2. The Kier molecular flexibility index (Phi) is 63.4. The molecule has 0 fully saturated rings. The van der Waals surface area contributed by atoms with Crippen molar-refractivity contribution in [2.24, 2.45) is 0 Å². The van der Waals surface area contributed by atoms with E-state index in [1.165, 1.54) is 302 Å². The van der Waals surface area contributed by atoms with Gasteiger partial charge in [0.1, 0.15) is 0 Å². The lowest BCUT2D eigenvalue weighted by molar-refractivity contribution is -0.143. The van der Waals surface area contributed by atoms with Gasteiger partial charge in [0.05, 0.1) is 25.4 Å². The molecule has 0 radical (unpaired) electrons. The molecule has 0 bridgehead atoms. The van der Waals surface area contributed by atoms with Crippen LogP contribution in [0, 0.1) is 0 Å². The van der Waals surface area contributed by atoms with Crippen molar-refractivity contribution in [1.82, 2.24) is 5.32 Å². The molecule has 2 atom stereocenters. The summed E-state index contributed by atoms with van der Waals surface area (Å²) in [7, 11) is 0. The lowest BCUT2D eigenvalue weighted by Crippen LogP contribution is -2.45. The lowest BCUT2D eigenvalue weighted by atomic mass is 10.0. The Bertz CT molecular complexity index is 1170. The number of esters is 1. The largest absolute Gasteiger partial charge is 0.466 e. The Morgan fingerprint density at radius 3 is 0.947 bits per heavy atom. The van der Waals surface area contributed by atoms with E-state index in [2.05, 4.69) is 43.5 Å². The first-order valence-electron chi connectivity index (χ1n) is 34.1. The van der Waals surface area contributed by atoms with Gasteiger partial charge in [-0.25, -0.2) is 0 Å². The van der Waals surface area contributed by atoms with Gasteiger partial charge in [0.2, 0.25) is 5.91 Å². The van der Waals surface area contributed by atoms with E-state index >= 15 is 0 Å². The molecule has 0 aliphatic carbocycles. The minimum absolute atomic E-state index is 0.0131. The van der Waals surface area contributed by atoms with Crippen LogP contribution in [0.15, 0.2) is 24.3 Å². The van der Waals surface area contributed by atoms with Crippen LogP contribution in [0.5, 0.6) is 0 Å². The van der Waals surface area contributed by atoms with Crippen LogP contribution in [-0.2, 0) is 14.3 Å². The third-order valence-electron chi connectivity index (χ3n) is 16.0. The minimum Gasteiger partial charge on any atom is -0.466 e. The summed E-state index contributed by atoms with van der Waals surface area (Å²) < 4.78 is 5.50. The van der Waals surface area contributed by atoms with Crippen LogP contribution in [0.1, 0.15) is 380 Å². The van der Waals surface area contributed by atoms with Crippen molar-refractivity contribution in [2.45, 2.75) is 392 Å². The first kappa shape index (κ1) is 73.3. The number of rotatable bonds is 64. The maximum absolute atomic E-state index is 12.5. The van der Waals surface area contributed by atoms with Crippen molar-refractivity contribution in [3.05, 3.63) is 24.3 Å². The fourth-order valence-electron chi connectivity index (χ4n) is 10.7. The summed E-state index contributed by atoms with van der Waals surface area (Å²) in [5.74, 6) is -0.0202. The van der Waals surface area contributed by atoms with Gasteiger partial charge >= 0.3 is 5.97 Å². The van der Waals surface area contributed by atoms with Crippen molar-refractivity contribution < 1.29 is 24.5 Å². The molecule has 2 unspecified atom stereocenters. The Hall–Kier alpha value is -1.66. The highest BCUT2D eigenvalue weighted by atomic mass is 16.5. The van der Waals surface area contributed by atoms with Gasteiger partial charge in [0.15, 0.2) is 0 Å². The minimum atomic E-state index is -0.663. The molecule has 6 heteroatoms. The molecule has 0 rings (SSSR count). The summed E-state index contributed by atoms with van der Waals surface area (Å²) in [6, 6.07) is -0.540. The summed E-state index contributed by atoms with van der Waals surface area (Å²) in [6.07, 6.45) is 80.7. The molecule has 3 N–H and O–H groups in total. The number of carbonyl (C=O) groups excluding carboxylic acids is 2. The maximum atomic E-state index is 12.5. The molecular weight excluding hydrogens is 923 g/mol. The standard InChI is InChI=1S/C69H133NO5/c1-3-5-7-9-11-13-15-17-18-31-35-39-43-47-51-55-59-63-69(74)75-64-60-56-52-48-44-40-36-33-30-28-26-24-22-20-19-21-23-25-27-29-32-34-38-42-46-50-54-58-62-68(73)70-66(65-71)67(72)61-57-53-49-45-41-37-16-14-12-10-8-6-4-2/h17-20,66-67,71-72H,3-16,21-65H2,1-2H3,(H,70,73)/b18-17-,20-19-. The highest BCUT2D eigenvalue weighted by Crippen LogP contribution is 2.18. The van der Waals surface area contributed by atoms with Crippen LogP contribution in [0.25, 0.3) is 0 Å². The highest BCUT2D eigenvalue weighted by Gasteiger charge is 2.20. The summed E-state index contributed by atoms with van der Waals surface area (Å²) in [5.41, 5.74) is 0. The normalized spacial score (nSPS) is 12.6. The number of nitrogens with one attached hydrogen (secondary N) is 1. The zero-order valence-electron chi connectivity index (χ0n) is 50.8. The van der Waals surface area contributed by atoms with Crippen molar-refractivity contribution in [3.8, 4) is 0 Å². The van der Waals surface area contributed by atoms with Gasteiger partial charge in [0, 0.05) is 12.8 Å². The molecule has 0 saturated carbocycles. The number of amides is 1. The summed E-state index contributed by atoms with van der Waals surface area (Å²) >= 11 is 0. The molecule has 0 saturated heterocycles. The topological polar surface area (TPSA) is 95.9 Å². The van der Waals surface area contributed by atoms with Gasteiger partial charge in [-0.15, -0.1) is 0 Å². The Balaban J connectivity index is 3.35. The van der Waals surface area contributed by atoms with Crippen LogP contribution in [0.4, 0.5) is 0 Å². The Labute approximate surface area is 469 Å². The molecule has 0 spiro atoms. The second kappa shape index (κ2) is 64.9. The fraction of sp³-hybridized carbons (Fsp3) is 0.913. The van der Waals surface area contributed by atoms with Crippen molar-refractivity contribution >= 4 is 11.9 Å². The third kappa shape index (κ3) is 61.4. The monoisotopic (exact) mass is 1060 g/mol. The van der Waals surface area contributed by atoms with E-state index in [4.69, 9.17) is 4.74 Å². The average Bonchev–Trinajstić information content (AvgIpc) is 3.41. The summed E-state index contributed by atoms with van der Waals surface area (Å²) in [4.78, 5) is 24.6. The van der Waals surface area contributed by atoms with E-state index in [0.717, 1.165) is 44.9 Å². The van der Waals surface area contributed by atoms with E-state index in [0.29, 0.717) is 25.9 Å². The van der Waals surface area contributed by atoms with Gasteiger partial charge in [-0.3, -0.25) is 9.59 Å². The van der Waals surface area contributed by atoms with Crippen molar-refractivity contribution in [2.75, 3.05) is 13.2 Å². The van der Waals surface area contributed by atoms with Gasteiger partial charge in [-0.1, -0.05) is 314 Å². The van der Waals surface area contributed by atoms with E-state index in [1.807, 2.05) is 0 Å². The second-order valence-corrected chi connectivity index (χ2v) is 23.5. The smallest absolute Gasteiger partial charge is 0.305 e. The molecular formula is C69H133NO5. The van der Waals surface area contributed by atoms with Crippen LogP contribution in [0.3, 0.4) is 0 Å². The predicted molar refractivity (Wildman–Crippen MR) is 329 cm³/mol. The average molecular weight is 1060 g/mol. The summed E-state index contributed by atoms with van der Waals surface area (Å²) in [5, 5.41) is 23.3. The number of carbonyl (C=O) groups is 2. The number of aliphatic hydroxyl groups is 2. The molecule has 0 heterocycles. The van der Waals surface area contributed by atoms with Gasteiger partial charge in [-0.2, -0.15) is 0 Å². The van der Waals surface area contributed by atoms with Crippen molar-refractivity contribution in [1.29, 1.82) is 0 Å². The number of allylic oxidation sites excluding steroid dienone is 4. The molecule has 0 aromatic heterocycles. The van der Waals surface area contributed by atoms with Crippen molar-refractivity contribution in [3.63, 3.8) is 0 Å². The van der Waals surface area contributed by atoms with Gasteiger partial charge in [0.25, 0.3) is 0 Å².